The van der Waals surface area contributed by atoms with Crippen LogP contribution in [-0.4, -0.2) is 9.38 Å². The Balaban J connectivity index is 2.31. The fourth-order valence-electron chi connectivity index (χ4n) is 1.80. The van der Waals surface area contributed by atoms with Gasteiger partial charge >= 0.3 is 0 Å². The molecular weight excluding hydrogens is 282 g/mol. The summed E-state index contributed by atoms with van der Waals surface area (Å²) in [7, 11) is 0. The van der Waals surface area contributed by atoms with Crippen molar-refractivity contribution in [1.82, 2.24) is 9.38 Å². The highest BCUT2D eigenvalue weighted by molar-refractivity contribution is 9.10. The van der Waals surface area contributed by atoms with Gasteiger partial charge in [-0.3, -0.25) is 4.40 Å². The maximum absolute atomic E-state index is 6.07. The SMILES string of the molecule is Cc1ccc(-c2nc3c(Br)cccn3c2N)o1. The minimum absolute atomic E-state index is 0.579. The predicted molar refractivity (Wildman–Crippen MR) is 69.7 cm³/mol. The number of fused-ring (bicyclic) bond motifs is 1. The molecular formula is C12H10BrN3O. The molecule has 0 amide bonds. The summed E-state index contributed by atoms with van der Waals surface area (Å²) in [5.74, 6) is 2.11. The van der Waals surface area contributed by atoms with Crippen molar-refractivity contribution in [3.63, 3.8) is 0 Å². The number of hydrogen-bond acceptors (Lipinski definition) is 3. The molecule has 4 nitrogen and oxygen atoms in total. The van der Waals surface area contributed by atoms with E-state index in [-0.39, 0.29) is 0 Å². The molecule has 0 bridgehead atoms. The highest BCUT2D eigenvalue weighted by Gasteiger charge is 2.15. The molecule has 0 aromatic carbocycles. The van der Waals surface area contributed by atoms with E-state index in [1.807, 2.05) is 41.8 Å². The maximum atomic E-state index is 6.07. The van der Waals surface area contributed by atoms with Gasteiger partial charge in [0.2, 0.25) is 0 Å². The second-order valence-corrected chi connectivity index (χ2v) is 4.66. The molecule has 0 unspecified atom stereocenters. The minimum Gasteiger partial charge on any atom is -0.460 e. The van der Waals surface area contributed by atoms with Crippen LogP contribution in [0.15, 0.2) is 39.4 Å². The van der Waals surface area contributed by atoms with Crippen LogP contribution in [0.5, 0.6) is 0 Å². The Labute approximate surface area is 106 Å². The van der Waals surface area contributed by atoms with Gasteiger partial charge in [-0.2, -0.15) is 0 Å². The van der Waals surface area contributed by atoms with Crippen LogP contribution < -0.4 is 5.73 Å². The number of anilines is 1. The van der Waals surface area contributed by atoms with E-state index in [4.69, 9.17) is 10.2 Å². The van der Waals surface area contributed by atoms with Crippen molar-refractivity contribution in [2.75, 3.05) is 5.73 Å². The number of nitrogens with zero attached hydrogens (tertiary/aromatic N) is 2. The Bertz CT molecular complexity index is 699. The first-order valence-corrected chi connectivity index (χ1v) is 5.95. The zero-order valence-electron chi connectivity index (χ0n) is 9.14. The standard InChI is InChI=1S/C12H10BrN3O/c1-7-4-5-9(17-7)10-11(14)16-6-2-3-8(13)12(16)15-10/h2-6H,14H2,1H3. The van der Waals surface area contributed by atoms with Crippen LogP contribution >= 0.6 is 15.9 Å². The molecule has 0 atom stereocenters. The molecule has 3 heterocycles. The topological polar surface area (TPSA) is 56.5 Å². The normalized spacial score (nSPS) is 11.2. The number of halogens is 1. The summed E-state index contributed by atoms with van der Waals surface area (Å²) in [6.07, 6.45) is 1.88. The lowest BCUT2D eigenvalue weighted by molar-refractivity contribution is 0.547. The van der Waals surface area contributed by atoms with Gasteiger partial charge in [-0.25, -0.2) is 4.98 Å². The van der Waals surface area contributed by atoms with Crippen molar-refractivity contribution >= 4 is 27.4 Å². The predicted octanol–water partition coefficient (Wildman–Crippen LogP) is 3.25. The molecule has 86 valence electrons. The number of imidazole rings is 1. The van der Waals surface area contributed by atoms with Crippen molar-refractivity contribution in [3.8, 4) is 11.5 Å². The molecule has 3 rings (SSSR count). The second kappa shape index (κ2) is 3.63. The largest absolute Gasteiger partial charge is 0.460 e. The Morgan fingerprint density at radius 2 is 2.18 bits per heavy atom. The molecule has 3 aromatic heterocycles. The summed E-state index contributed by atoms with van der Waals surface area (Å²) in [6, 6.07) is 7.61. The molecule has 17 heavy (non-hydrogen) atoms. The number of hydrogen-bond donors (Lipinski definition) is 1. The van der Waals surface area contributed by atoms with Gasteiger partial charge in [-0.1, -0.05) is 0 Å². The van der Waals surface area contributed by atoms with Gasteiger partial charge in [0.15, 0.2) is 11.4 Å². The zero-order chi connectivity index (χ0) is 12.0. The van der Waals surface area contributed by atoms with Crippen LogP contribution in [-0.2, 0) is 0 Å². The Morgan fingerprint density at radius 1 is 1.35 bits per heavy atom. The van der Waals surface area contributed by atoms with Gasteiger partial charge in [-0.15, -0.1) is 0 Å². The number of nitrogens with two attached hydrogens (primary N) is 1. The van der Waals surface area contributed by atoms with Crippen molar-refractivity contribution in [2.45, 2.75) is 6.92 Å². The lowest BCUT2D eigenvalue weighted by Crippen LogP contribution is -1.93. The summed E-state index contributed by atoms with van der Waals surface area (Å²) in [6.45, 7) is 1.89. The highest BCUT2D eigenvalue weighted by Crippen LogP contribution is 2.30. The number of furan rings is 1. The quantitative estimate of drug-likeness (QED) is 0.749. The van der Waals surface area contributed by atoms with E-state index >= 15 is 0 Å². The van der Waals surface area contributed by atoms with Crippen molar-refractivity contribution in [2.24, 2.45) is 0 Å². The third-order valence-electron chi connectivity index (χ3n) is 2.61. The molecule has 5 heteroatoms. The minimum atomic E-state index is 0.579. The van der Waals surface area contributed by atoms with Crippen molar-refractivity contribution < 1.29 is 4.42 Å². The summed E-state index contributed by atoms with van der Waals surface area (Å²) in [5, 5.41) is 0. The Hall–Kier alpha value is -1.75. The second-order valence-electron chi connectivity index (χ2n) is 3.81. The van der Waals surface area contributed by atoms with Gasteiger partial charge in [0.05, 0.1) is 4.47 Å². The molecule has 0 aliphatic carbocycles. The Kier molecular flexibility index (Phi) is 2.22. The maximum Gasteiger partial charge on any atom is 0.156 e. The lowest BCUT2D eigenvalue weighted by Gasteiger charge is -1.96. The van der Waals surface area contributed by atoms with E-state index in [1.165, 1.54) is 0 Å². The lowest BCUT2D eigenvalue weighted by atomic mass is 10.3. The summed E-state index contributed by atoms with van der Waals surface area (Å²) in [5.41, 5.74) is 7.53. The van der Waals surface area contributed by atoms with Crippen molar-refractivity contribution in [1.29, 1.82) is 0 Å². The van der Waals surface area contributed by atoms with E-state index in [2.05, 4.69) is 20.9 Å². The summed E-state index contributed by atoms with van der Waals surface area (Å²) < 4.78 is 8.28. The Morgan fingerprint density at radius 3 is 2.82 bits per heavy atom. The summed E-state index contributed by atoms with van der Waals surface area (Å²) >= 11 is 3.45. The molecule has 0 spiro atoms. The van der Waals surface area contributed by atoms with Crippen LogP contribution in [0.4, 0.5) is 5.82 Å². The molecule has 2 N–H and O–H groups in total. The first kappa shape index (κ1) is 10.4. The number of pyridine rings is 1. The smallest absolute Gasteiger partial charge is 0.156 e. The number of nitrogen functional groups attached to an aromatic ring is 1. The van der Waals surface area contributed by atoms with Crippen LogP contribution in [0.2, 0.25) is 0 Å². The van der Waals surface area contributed by atoms with E-state index < -0.39 is 0 Å². The average molecular weight is 292 g/mol. The van der Waals surface area contributed by atoms with Gasteiger partial charge < -0.3 is 10.2 Å². The average Bonchev–Trinajstić information content (AvgIpc) is 2.85. The first-order valence-electron chi connectivity index (χ1n) is 5.15. The third-order valence-corrected chi connectivity index (χ3v) is 3.23. The molecule has 0 saturated carbocycles. The van der Waals surface area contributed by atoms with E-state index in [9.17, 15) is 0 Å². The van der Waals surface area contributed by atoms with Gasteiger partial charge in [0, 0.05) is 6.20 Å². The van der Waals surface area contributed by atoms with Crippen LogP contribution in [0.3, 0.4) is 0 Å². The van der Waals surface area contributed by atoms with Gasteiger partial charge in [-0.05, 0) is 47.1 Å². The molecule has 0 fully saturated rings. The molecule has 0 aliphatic rings. The van der Waals surface area contributed by atoms with E-state index in [1.54, 1.807) is 0 Å². The molecule has 0 radical (unpaired) electrons. The van der Waals surface area contributed by atoms with Crippen LogP contribution in [0.1, 0.15) is 5.76 Å². The van der Waals surface area contributed by atoms with Gasteiger partial charge in [0.25, 0.3) is 0 Å². The fraction of sp³-hybridized carbons (Fsp3) is 0.0833. The molecule has 3 aromatic rings. The van der Waals surface area contributed by atoms with E-state index in [0.717, 1.165) is 15.9 Å². The number of rotatable bonds is 1. The number of aromatic nitrogens is 2. The third kappa shape index (κ3) is 1.54. The van der Waals surface area contributed by atoms with Crippen LogP contribution in [0.25, 0.3) is 17.1 Å². The summed E-state index contributed by atoms with van der Waals surface area (Å²) in [4.78, 5) is 4.49. The van der Waals surface area contributed by atoms with Crippen molar-refractivity contribution in [3.05, 3.63) is 40.7 Å². The zero-order valence-corrected chi connectivity index (χ0v) is 10.7. The van der Waals surface area contributed by atoms with E-state index in [0.29, 0.717) is 17.3 Å². The highest BCUT2D eigenvalue weighted by atomic mass is 79.9. The fourth-order valence-corrected chi connectivity index (χ4v) is 2.23. The first-order chi connectivity index (χ1) is 8.16. The molecule has 0 saturated heterocycles. The number of aryl methyl sites for hydroxylation is 1. The molecule has 0 aliphatic heterocycles. The van der Waals surface area contributed by atoms with Gasteiger partial charge in [0.1, 0.15) is 17.3 Å². The van der Waals surface area contributed by atoms with Crippen LogP contribution in [0, 0.1) is 6.92 Å². The monoisotopic (exact) mass is 291 g/mol.